The molecule has 0 amide bonds. The Morgan fingerprint density at radius 3 is 2.50 bits per heavy atom. The molecule has 0 radical (unpaired) electrons. The molecule has 0 aromatic heterocycles. The van der Waals surface area contributed by atoms with E-state index in [-0.39, 0.29) is 5.41 Å². The maximum atomic E-state index is 11.5. The Balaban J connectivity index is 2.79. The fourth-order valence-electron chi connectivity index (χ4n) is 2.06. The number of ketones is 1. The quantitative estimate of drug-likeness (QED) is 0.627. The van der Waals surface area contributed by atoms with Gasteiger partial charge in [-0.25, -0.2) is 0 Å². The van der Waals surface area contributed by atoms with Gasteiger partial charge >= 0.3 is 0 Å². The topological polar surface area (TPSA) is 17.1 Å². The minimum atomic E-state index is -0.199. The number of carbonyl (C=O) groups is 1. The third-order valence-electron chi connectivity index (χ3n) is 3.93. The van der Waals surface area contributed by atoms with Crippen molar-refractivity contribution < 1.29 is 4.79 Å². The summed E-state index contributed by atoms with van der Waals surface area (Å²) in [7, 11) is 0. The van der Waals surface area contributed by atoms with Crippen LogP contribution in [0.5, 0.6) is 0 Å². The van der Waals surface area contributed by atoms with Gasteiger partial charge < -0.3 is 0 Å². The first-order chi connectivity index (χ1) is 6.35. The third-order valence-corrected chi connectivity index (χ3v) is 3.93. The SMILES string of the molecule is CC(=O)C(C)(C)C(C)C1=CC(C)CC1. The van der Waals surface area contributed by atoms with E-state index in [0.717, 1.165) is 0 Å². The summed E-state index contributed by atoms with van der Waals surface area (Å²) in [6.45, 7) is 10.3. The van der Waals surface area contributed by atoms with Crippen LogP contribution in [0.1, 0.15) is 47.5 Å². The minimum absolute atomic E-state index is 0.199. The van der Waals surface area contributed by atoms with E-state index in [4.69, 9.17) is 0 Å². The van der Waals surface area contributed by atoms with Crippen LogP contribution in [0.25, 0.3) is 0 Å². The Kier molecular flexibility index (Phi) is 3.18. The molecular formula is C13H22O. The zero-order valence-electron chi connectivity index (χ0n) is 10.1. The summed E-state index contributed by atoms with van der Waals surface area (Å²) in [6.07, 6.45) is 4.79. The van der Waals surface area contributed by atoms with E-state index in [1.54, 1.807) is 6.92 Å². The van der Waals surface area contributed by atoms with Gasteiger partial charge in [-0.3, -0.25) is 4.79 Å². The van der Waals surface area contributed by atoms with Crippen molar-refractivity contribution in [1.82, 2.24) is 0 Å². The van der Waals surface area contributed by atoms with Crippen LogP contribution in [0.15, 0.2) is 11.6 Å². The van der Waals surface area contributed by atoms with E-state index < -0.39 is 0 Å². The molecule has 0 bridgehead atoms. The maximum absolute atomic E-state index is 11.5. The lowest BCUT2D eigenvalue weighted by Gasteiger charge is -2.30. The molecule has 14 heavy (non-hydrogen) atoms. The number of carbonyl (C=O) groups excluding carboxylic acids is 1. The molecule has 0 aliphatic heterocycles. The fraction of sp³-hybridized carbons (Fsp3) is 0.769. The third kappa shape index (κ3) is 2.08. The molecule has 1 aliphatic carbocycles. The van der Waals surface area contributed by atoms with Crippen LogP contribution < -0.4 is 0 Å². The van der Waals surface area contributed by atoms with Crippen LogP contribution >= 0.6 is 0 Å². The smallest absolute Gasteiger partial charge is 0.135 e. The number of hydrogen-bond donors (Lipinski definition) is 0. The molecule has 1 heteroatoms. The lowest BCUT2D eigenvalue weighted by atomic mass is 9.73. The summed E-state index contributed by atoms with van der Waals surface area (Å²) >= 11 is 0. The molecule has 1 aliphatic rings. The second-order valence-electron chi connectivity index (χ2n) is 5.26. The van der Waals surface area contributed by atoms with Gasteiger partial charge in [0.2, 0.25) is 0 Å². The monoisotopic (exact) mass is 194 g/mol. The van der Waals surface area contributed by atoms with Crippen LogP contribution in [0.2, 0.25) is 0 Å². The first-order valence-corrected chi connectivity index (χ1v) is 5.57. The van der Waals surface area contributed by atoms with Gasteiger partial charge in [-0.05, 0) is 31.6 Å². The van der Waals surface area contributed by atoms with Gasteiger partial charge in [-0.2, -0.15) is 0 Å². The van der Waals surface area contributed by atoms with Crippen LogP contribution in [0, 0.1) is 17.3 Å². The lowest BCUT2D eigenvalue weighted by Crippen LogP contribution is -2.30. The molecule has 1 nitrogen and oxygen atoms in total. The van der Waals surface area contributed by atoms with Gasteiger partial charge in [0.25, 0.3) is 0 Å². The van der Waals surface area contributed by atoms with Gasteiger partial charge in [0.1, 0.15) is 5.78 Å². The molecule has 0 saturated heterocycles. The predicted octanol–water partition coefficient (Wildman–Crippen LogP) is 3.59. The van der Waals surface area contributed by atoms with E-state index in [2.05, 4.69) is 33.8 Å². The summed E-state index contributed by atoms with van der Waals surface area (Å²) < 4.78 is 0. The van der Waals surface area contributed by atoms with Gasteiger partial charge in [0.05, 0.1) is 0 Å². The maximum Gasteiger partial charge on any atom is 0.135 e. The van der Waals surface area contributed by atoms with Crippen LogP contribution in [0.3, 0.4) is 0 Å². The molecule has 80 valence electrons. The average molecular weight is 194 g/mol. The van der Waals surface area contributed by atoms with Crippen molar-refractivity contribution in [3.63, 3.8) is 0 Å². The van der Waals surface area contributed by atoms with Crippen molar-refractivity contribution in [3.05, 3.63) is 11.6 Å². The van der Waals surface area contributed by atoms with Crippen molar-refractivity contribution in [2.45, 2.75) is 47.5 Å². The van der Waals surface area contributed by atoms with E-state index in [0.29, 0.717) is 17.6 Å². The van der Waals surface area contributed by atoms with Gasteiger partial charge in [0, 0.05) is 5.41 Å². The van der Waals surface area contributed by atoms with Crippen molar-refractivity contribution in [1.29, 1.82) is 0 Å². The van der Waals surface area contributed by atoms with Crippen molar-refractivity contribution in [3.8, 4) is 0 Å². The van der Waals surface area contributed by atoms with Gasteiger partial charge in [-0.1, -0.05) is 39.3 Å². The lowest BCUT2D eigenvalue weighted by molar-refractivity contribution is -0.126. The normalized spacial score (nSPS) is 24.6. The van der Waals surface area contributed by atoms with E-state index >= 15 is 0 Å². The second-order valence-corrected chi connectivity index (χ2v) is 5.26. The molecule has 0 aromatic rings. The van der Waals surface area contributed by atoms with Crippen LogP contribution in [-0.4, -0.2) is 5.78 Å². The number of hydrogen-bond acceptors (Lipinski definition) is 1. The Hall–Kier alpha value is -0.590. The summed E-state index contributed by atoms with van der Waals surface area (Å²) in [6, 6.07) is 0. The Morgan fingerprint density at radius 2 is 2.14 bits per heavy atom. The first-order valence-electron chi connectivity index (χ1n) is 5.57. The molecular weight excluding hydrogens is 172 g/mol. The summed E-state index contributed by atoms with van der Waals surface area (Å²) in [5.41, 5.74) is 1.29. The van der Waals surface area contributed by atoms with Crippen molar-refractivity contribution in [2.24, 2.45) is 17.3 Å². The van der Waals surface area contributed by atoms with Gasteiger partial charge in [0.15, 0.2) is 0 Å². The highest BCUT2D eigenvalue weighted by atomic mass is 16.1. The average Bonchev–Trinajstić information content (AvgIpc) is 2.50. The van der Waals surface area contributed by atoms with Crippen molar-refractivity contribution in [2.75, 3.05) is 0 Å². The molecule has 2 unspecified atom stereocenters. The Morgan fingerprint density at radius 1 is 1.57 bits per heavy atom. The summed E-state index contributed by atoms with van der Waals surface area (Å²) in [4.78, 5) is 11.5. The standard InChI is InChI=1S/C13H22O/c1-9-6-7-12(8-9)10(2)13(4,5)11(3)14/h8-10H,6-7H2,1-5H3. The fourth-order valence-corrected chi connectivity index (χ4v) is 2.06. The van der Waals surface area contributed by atoms with Crippen LogP contribution in [-0.2, 0) is 4.79 Å². The number of allylic oxidation sites excluding steroid dienone is 2. The highest BCUT2D eigenvalue weighted by molar-refractivity contribution is 5.82. The van der Waals surface area contributed by atoms with Gasteiger partial charge in [-0.15, -0.1) is 0 Å². The van der Waals surface area contributed by atoms with E-state index in [1.165, 1.54) is 18.4 Å². The van der Waals surface area contributed by atoms with Crippen LogP contribution in [0.4, 0.5) is 0 Å². The summed E-state index contributed by atoms with van der Waals surface area (Å²) in [5.74, 6) is 1.39. The number of rotatable bonds is 3. The second kappa shape index (κ2) is 3.88. The molecule has 0 heterocycles. The zero-order chi connectivity index (χ0) is 10.9. The van der Waals surface area contributed by atoms with E-state index in [9.17, 15) is 4.79 Å². The molecule has 0 spiro atoms. The molecule has 1 rings (SSSR count). The molecule has 0 N–H and O–H groups in total. The highest BCUT2D eigenvalue weighted by Crippen LogP contribution is 2.39. The molecule has 2 atom stereocenters. The Labute approximate surface area is 87.6 Å². The largest absolute Gasteiger partial charge is 0.299 e. The molecule has 0 fully saturated rings. The predicted molar refractivity (Wildman–Crippen MR) is 60.1 cm³/mol. The van der Waals surface area contributed by atoms with Crippen molar-refractivity contribution >= 4 is 5.78 Å². The minimum Gasteiger partial charge on any atom is -0.299 e. The number of Topliss-reactive ketones (excluding diaryl/α,β-unsaturated/α-hetero) is 1. The highest BCUT2D eigenvalue weighted by Gasteiger charge is 2.34. The first kappa shape index (κ1) is 11.5. The van der Waals surface area contributed by atoms with E-state index in [1.807, 2.05) is 0 Å². The Bertz CT molecular complexity index is 260. The zero-order valence-corrected chi connectivity index (χ0v) is 10.1. The summed E-state index contributed by atoms with van der Waals surface area (Å²) in [5, 5.41) is 0. The molecule has 0 aromatic carbocycles. The molecule has 0 saturated carbocycles.